The number of aromatic nitrogens is 1. The number of hydrogen-bond donors (Lipinski definition) is 1. The molecule has 1 heterocycles. The Morgan fingerprint density at radius 3 is 2.62 bits per heavy atom. The molecule has 6 nitrogen and oxygen atoms in total. The van der Waals surface area contributed by atoms with Crippen molar-refractivity contribution in [1.29, 1.82) is 0 Å². The number of carbonyl (C=O) groups is 2. The lowest BCUT2D eigenvalue weighted by atomic mass is 10.1. The zero-order valence-corrected chi connectivity index (χ0v) is 15.8. The third-order valence-corrected chi connectivity index (χ3v) is 4.20. The van der Waals surface area contributed by atoms with E-state index in [0.29, 0.717) is 19.0 Å². The van der Waals surface area contributed by atoms with Gasteiger partial charge >= 0.3 is 0 Å². The highest BCUT2D eigenvalue weighted by Crippen LogP contribution is 2.23. The van der Waals surface area contributed by atoms with E-state index in [9.17, 15) is 9.59 Å². The third-order valence-electron chi connectivity index (χ3n) is 3.76. The van der Waals surface area contributed by atoms with Gasteiger partial charge in [0.2, 0.25) is 11.8 Å². The summed E-state index contributed by atoms with van der Waals surface area (Å²) in [7, 11) is 0. The Morgan fingerprint density at radius 2 is 1.96 bits per heavy atom. The van der Waals surface area contributed by atoms with Crippen molar-refractivity contribution < 1.29 is 14.0 Å². The van der Waals surface area contributed by atoms with Crippen molar-refractivity contribution in [2.24, 2.45) is 0 Å². The van der Waals surface area contributed by atoms with E-state index in [4.69, 9.17) is 16.0 Å². The first-order valence-electron chi connectivity index (χ1n) is 8.77. The topological polar surface area (TPSA) is 75.4 Å². The Kier molecular flexibility index (Phi) is 7.66. The molecular weight excluding hydrogens is 354 g/mol. The van der Waals surface area contributed by atoms with Gasteiger partial charge in [-0.15, -0.1) is 11.6 Å². The monoisotopic (exact) mass is 377 g/mol. The number of amides is 2. The molecule has 0 aliphatic heterocycles. The van der Waals surface area contributed by atoms with E-state index in [2.05, 4.69) is 10.3 Å². The molecule has 2 amide bonds. The number of nitrogens with one attached hydrogen (secondary N) is 1. The smallest absolute Gasteiger partial charge is 0.273 e. The van der Waals surface area contributed by atoms with E-state index in [-0.39, 0.29) is 24.1 Å². The molecule has 0 radical (unpaired) electrons. The number of alkyl halides is 1. The van der Waals surface area contributed by atoms with Crippen molar-refractivity contribution in [2.75, 3.05) is 13.1 Å². The maximum atomic E-state index is 12.8. The van der Waals surface area contributed by atoms with E-state index in [1.165, 1.54) is 6.26 Å². The molecule has 1 atom stereocenters. The number of benzene rings is 1. The van der Waals surface area contributed by atoms with Gasteiger partial charge in [-0.05, 0) is 18.4 Å². The predicted molar refractivity (Wildman–Crippen MR) is 99.9 cm³/mol. The first-order chi connectivity index (χ1) is 12.6. The van der Waals surface area contributed by atoms with Crippen LogP contribution in [0.1, 0.15) is 54.0 Å². The molecule has 0 aliphatic rings. The fourth-order valence-corrected chi connectivity index (χ4v) is 2.73. The van der Waals surface area contributed by atoms with Crippen LogP contribution in [-0.2, 0) is 11.3 Å². The van der Waals surface area contributed by atoms with Crippen molar-refractivity contribution in [3.05, 3.63) is 53.7 Å². The molecule has 0 bridgehead atoms. The number of carbonyl (C=O) groups excluding carboxylic acids is 2. The molecule has 26 heavy (non-hydrogen) atoms. The van der Waals surface area contributed by atoms with Crippen LogP contribution < -0.4 is 5.32 Å². The summed E-state index contributed by atoms with van der Waals surface area (Å²) in [4.78, 5) is 30.5. The van der Waals surface area contributed by atoms with Gasteiger partial charge in [0.1, 0.15) is 11.6 Å². The first-order valence-corrected chi connectivity index (χ1v) is 9.20. The fraction of sp³-hybridized carbons (Fsp3) is 0.421. The van der Waals surface area contributed by atoms with Gasteiger partial charge in [-0.25, -0.2) is 4.98 Å². The van der Waals surface area contributed by atoms with Crippen LogP contribution in [0.3, 0.4) is 0 Å². The maximum absolute atomic E-state index is 12.8. The Bertz CT molecular complexity index is 718. The van der Waals surface area contributed by atoms with E-state index in [1.54, 1.807) is 4.90 Å². The van der Waals surface area contributed by atoms with E-state index >= 15 is 0 Å². The molecule has 1 unspecified atom stereocenters. The minimum Gasteiger partial charge on any atom is -0.446 e. The lowest BCUT2D eigenvalue weighted by Gasteiger charge is -2.23. The van der Waals surface area contributed by atoms with Gasteiger partial charge in [0, 0.05) is 13.1 Å². The zero-order chi connectivity index (χ0) is 18.9. The number of rotatable bonds is 9. The van der Waals surface area contributed by atoms with E-state index in [0.717, 1.165) is 18.4 Å². The molecule has 1 aromatic heterocycles. The van der Waals surface area contributed by atoms with Crippen LogP contribution in [0.25, 0.3) is 0 Å². The van der Waals surface area contributed by atoms with Crippen LogP contribution >= 0.6 is 11.6 Å². The largest absolute Gasteiger partial charge is 0.446 e. The standard InChI is InChI=1S/C19H24ClN3O3/c1-3-10-21-18(24)15-13-26-16(22-15)12-23(11-4-2)19(25)17(20)14-8-6-5-7-9-14/h5-9,13,17H,3-4,10-12H2,1-2H3,(H,21,24). The van der Waals surface area contributed by atoms with Crippen LogP contribution in [0.4, 0.5) is 0 Å². The first kappa shape index (κ1) is 20.0. The predicted octanol–water partition coefficient (Wildman–Crippen LogP) is 3.53. The summed E-state index contributed by atoms with van der Waals surface area (Å²) in [5, 5.41) is 1.97. The Morgan fingerprint density at radius 1 is 1.23 bits per heavy atom. The van der Waals surface area contributed by atoms with Gasteiger partial charge in [0.05, 0.1) is 6.54 Å². The molecule has 2 rings (SSSR count). The summed E-state index contributed by atoms with van der Waals surface area (Å²) in [6.45, 7) is 5.22. The fourth-order valence-electron chi connectivity index (χ4n) is 2.44. The van der Waals surface area contributed by atoms with Gasteiger partial charge in [0.25, 0.3) is 5.91 Å². The lowest BCUT2D eigenvalue weighted by molar-refractivity contribution is -0.131. The Balaban J connectivity index is 2.07. The van der Waals surface area contributed by atoms with Crippen LogP contribution in [0.5, 0.6) is 0 Å². The summed E-state index contributed by atoms with van der Waals surface area (Å²) in [6.07, 6.45) is 2.92. The summed E-state index contributed by atoms with van der Waals surface area (Å²) >= 11 is 6.36. The quantitative estimate of drug-likeness (QED) is 0.678. The van der Waals surface area contributed by atoms with Crippen LogP contribution in [-0.4, -0.2) is 34.8 Å². The van der Waals surface area contributed by atoms with Gasteiger partial charge < -0.3 is 14.6 Å². The van der Waals surface area contributed by atoms with Crippen LogP contribution in [0.2, 0.25) is 0 Å². The van der Waals surface area contributed by atoms with Gasteiger partial charge in [-0.2, -0.15) is 0 Å². The molecule has 1 aromatic carbocycles. The molecule has 0 spiro atoms. The normalized spacial score (nSPS) is 11.8. The van der Waals surface area contributed by atoms with Crippen molar-refractivity contribution in [1.82, 2.24) is 15.2 Å². The molecule has 0 aliphatic carbocycles. The lowest BCUT2D eigenvalue weighted by Crippen LogP contribution is -2.34. The van der Waals surface area contributed by atoms with Gasteiger partial charge in [-0.3, -0.25) is 9.59 Å². The molecule has 0 saturated heterocycles. The molecule has 0 fully saturated rings. The second kappa shape index (κ2) is 9.97. The molecule has 1 N–H and O–H groups in total. The van der Waals surface area contributed by atoms with Crippen LogP contribution in [0, 0.1) is 0 Å². The van der Waals surface area contributed by atoms with Crippen molar-refractivity contribution in [2.45, 2.75) is 38.6 Å². The highest BCUT2D eigenvalue weighted by Gasteiger charge is 2.25. The van der Waals surface area contributed by atoms with E-state index in [1.807, 2.05) is 44.2 Å². The highest BCUT2D eigenvalue weighted by atomic mass is 35.5. The maximum Gasteiger partial charge on any atom is 0.273 e. The zero-order valence-electron chi connectivity index (χ0n) is 15.1. The molecule has 0 saturated carbocycles. The van der Waals surface area contributed by atoms with Crippen molar-refractivity contribution in [3.8, 4) is 0 Å². The average molecular weight is 378 g/mol. The van der Waals surface area contributed by atoms with Gasteiger partial charge in [0.15, 0.2) is 5.69 Å². The highest BCUT2D eigenvalue weighted by molar-refractivity contribution is 6.30. The SMILES string of the molecule is CCCNC(=O)c1coc(CN(CCC)C(=O)C(Cl)c2ccccc2)n1. The van der Waals surface area contributed by atoms with Crippen molar-refractivity contribution >= 4 is 23.4 Å². The van der Waals surface area contributed by atoms with Gasteiger partial charge in [-0.1, -0.05) is 44.2 Å². The Labute approximate surface area is 158 Å². The number of halogens is 1. The molecule has 2 aromatic rings. The van der Waals surface area contributed by atoms with Crippen molar-refractivity contribution in [3.63, 3.8) is 0 Å². The molecule has 7 heteroatoms. The summed E-state index contributed by atoms with van der Waals surface area (Å²) in [5.41, 5.74) is 0.954. The second-order valence-corrected chi connectivity index (χ2v) is 6.35. The van der Waals surface area contributed by atoms with E-state index < -0.39 is 5.38 Å². The second-order valence-electron chi connectivity index (χ2n) is 5.92. The number of hydrogen-bond acceptors (Lipinski definition) is 4. The average Bonchev–Trinajstić information content (AvgIpc) is 3.14. The number of nitrogens with zero attached hydrogens (tertiary/aromatic N) is 2. The Hall–Kier alpha value is -2.34. The van der Waals surface area contributed by atoms with Crippen LogP contribution in [0.15, 0.2) is 41.0 Å². The summed E-state index contributed by atoms with van der Waals surface area (Å²) in [6, 6.07) is 9.20. The third kappa shape index (κ3) is 5.33. The minimum absolute atomic E-state index is 0.170. The number of oxazole rings is 1. The molecular formula is C19H24ClN3O3. The molecule has 140 valence electrons. The summed E-state index contributed by atoms with van der Waals surface area (Å²) < 4.78 is 5.37. The minimum atomic E-state index is -0.773. The summed E-state index contributed by atoms with van der Waals surface area (Å²) in [5.74, 6) is -0.185.